The summed E-state index contributed by atoms with van der Waals surface area (Å²) in [5.74, 6) is -0.720. The van der Waals surface area contributed by atoms with Crippen molar-refractivity contribution in [2.45, 2.75) is 12.2 Å². The summed E-state index contributed by atoms with van der Waals surface area (Å²) in [5, 5.41) is 8.47. The molecule has 1 unspecified atom stereocenters. The molecule has 1 fully saturated rings. The topological polar surface area (TPSA) is 63.6 Å². The van der Waals surface area contributed by atoms with Gasteiger partial charge in [0, 0.05) is 0 Å². The molecular weight excluding hydrogens is 112 g/mol. The molecule has 1 saturated heterocycles. The van der Waals surface area contributed by atoms with E-state index in [1.807, 2.05) is 0 Å². The van der Waals surface area contributed by atoms with Crippen molar-refractivity contribution in [3.05, 3.63) is 0 Å². The van der Waals surface area contributed by atoms with Crippen LogP contribution in [0.15, 0.2) is 0 Å². The van der Waals surface area contributed by atoms with Crippen molar-refractivity contribution >= 4 is 12.3 Å². The molecule has 1 heterocycles. The summed E-state index contributed by atoms with van der Waals surface area (Å²) < 4.78 is 4.14. The number of aldehydes is 1. The van der Waals surface area contributed by atoms with Gasteiger partial charge in [0.2, 0.25) is 0 Å². The number of carbonyl (C=O) groups is 2. The van der Waals surface area contributed by atoms with E-state index in [1.54, 1.807) is 0 Å². The summed E-state index contributed by atoms with van der Waals surface area (Å²) in [6.45, 7) is 0. The summed E-state index contributed by atoms with van der Waals surface area (Å²) in [5.41, 5.74) is 0. The molecule has 0 spiro atoms. The highest BCUT2D eigenvalue weighted by Crippen LogP contribution is 2.10. The molecule has 0 aromatic heterocycles. The average Bonchev–Trinajstić information content (AvgIpc) is 1.81. The highest BCUT2D eigenvalue weighted by atomic mass is 16.6. The molecule has 8 heavy (non-hydrogen) atoms. The Balaban J connectivity index is 2.47. The third-order valence-corrected chi connectivity index (χ3v) is 0.939. The number of aliphatic hydroxyl groups excluding tert-OH is 1. The molecule has 1 aliphatic rings. The van der Waals surface area contributed by atoms with Crippen molar-refractivity contribution in [2.24, 2.45) is 0 Å². The summed E-state index contributed by atoms with van der Waals surface area (Å²) in [7, 11) is 0. The lowest BCUT2D eigenvalue weighted by atomic mass is 10.1. The smallest absolute Gasteiger partial charge is 0.340 e. The maximum absolute atomic E-state index is 9.97. The Bertz CT molecular complexity index is 130. The van der Waals surface area contributed by atoms with Crippen LogP contribution in [-0.2, 0) is 14.3 Å². The molecule has 1 rings (SSSR count). The van der Waals surface area contributed by atoms with Crippen molar-refractivity contribution in [3.63, 3.8) is 0 Å². The number of cyclic esters (lactones) is 1. The fourth-order valence-electron chi connectivity index (χ4n) is 0.432. The molecule has 44 valence electrons. The fourth-order valence-corrected chi connectivity index (χ4v) is 0.432. The van der Waals surface area contributed by atoms with E-state index in [4.69, 9.17) is 5.11 Å². The van der Waals surface area contributed by atoms with Gasteiger partial charge in [-0.05, 0) is 0 Å². The van der Waals surface area contributed by atoms with Crippen LogP contribution in [0.3, 0.4) is 0 Å². The van der Waals surface area contributed by atoms with Gasteiger partial charge in [-0.15, -0.1) is 0 Å². The van der Waals surface area contributed by atoms with Gasteiger partial charge in [0.05, 0.1) is 0 Å². The van der Waals surface area contributed by atoms with E-state index in [-0.39, 0.29) is 0 Å². The van der Waals surface area contributed by atoms with Crippen molar-refractivity contribution in [1.82, 2.24) is 0 Å². The minimum absolute atomic E-state index is 0.395. The van der Waals surface area contributed by atoms with Crippen molar-refractivity contribution in [2.75, 3.05) is 0 Å². The van der Waals surface area contributed by atoms with E-state index < -0.39 is 18.2 Å². The molecular formula is C4H4O4. The second-order valence-electron chi connectivity index (χ2n) is 1.48. The standard InChI is InChI=1S/C4H4O4/c5-1-2-3(6)4(7)8-2/h1-3,6H/t2?,3-/m1/s1. The molecule has 1 aliphatic heterocycles. The summed E-state index contributed by atoms with van der Waals surface area (Å²) >= 11 is 0. The van der Waals surface area contributed by atoms with Gasteiger partial charge in [0.15, 0.2) is 18.5 Å². The minimum Gasteiger partial charge on any atom is -0.449 e. The third-order valence-electron chi connectivity index (χ3n) is 0.939. The van der Waals surface area contributed by atoms with E-state index in [9.17, 15) is 9.59 Å². The first-order valence-electron chi connectivity index (χ1n) is 2.09. The molecule has 0 aromatic carbocycles. The molecule has 0 saturated carbocycles. The number of aliphatic hydroxyl groups is 1. The second-order valence-corrected chi connectivity index (χ2v) is 1.48. The van der Waals surface area contributed by atoms with Gasteiger partial charge in [0.1, 0.15) is 0 Å². The van der Waals surface area contributed by atoms with Crippen molar-refractivity contribution < 1.29 is 19.4 Å². The summed E-state index contributed by atoms with van der Waals surface area (Å²) in [4.78, 5) is 19.7. The quantitative estimate of drug-likeness (QED) is 0.333. The lowest BCUT2D eigenvalue weighted by Crippen LogP contribution is -2.50. The monoisotopic (exact) mass is 116 g/mol. The van der Waals surface area contributed by atoms with Crippen LogP contribution in [0.2, 0.25) is 0 Å². The first-order chi connectivity index (χ1) is 3.75. The largest absolute Gasteiger partial charge is 0.449 e. The Morgan fingerprint density at radius 3 is 2.50 bits per heavy atom. The molecule has 0 aliphatic carbocycles. The number of hydrogen-bond acceptors (Lipinski definition) is 4. The number of ether oxygens (including phenoxy) is 1. The van der Waals surface area contributed by atoms with E-state index in [0.717, 1.165) is 0 Å². The van der Waals surface area contributed by atoms with Crippen LogP contribution in [0.5, 0.6) is 0 Å². The van der Waals surface area contributed by atoms with Gasteiger partial charge in [-0.3, -0.25) is 4.79 Å². The molecule has 1 N–H and O–H groups in total. The normalized spacial score (nSPS) is 35.4. The first-order valence-corrected chi connectivity index (χ1v) is 2.09. The van der Waals surface area contributed by atoms with Crippen LogP contribution in [0, 0.1) is 0 Å². The van der Waals surface area contributed by atoms with Crippen molar-refractivity contribution in [1.29, 1.82) is 0 Å². The van der Waals surface area contributed by atoms with Crippen LogP contribution in [0.25, 0.3) is 0 Å². The lowest BCUT2D eigenvalue weighted by molar-refractivity contribution is -0.195. The molecule has 0 amide bonds. The van der Waals surface area contributed by atoms with Crippen LogP contribution < -0.4 is 0 Å². The van der Waals surface area contributed by atoms with Crippen LogP contribution in [0.1, 0.15) is 0 Å². The maximum atomic E-state index is 9.97. The van der Waals surface area contributed by atoms with Crippen LogP contribution in [0.4, 0.5) is 0 Å². The Morgan fingerprint density at radius 2 is 2.38 bits per heavy atom. The zero-order valence-corrected chi connectivity index (χ0v) is 3.90. The molecule has 4 heteroatoms. The van der Waals surface area contributed by atoms with E-state index in [2.05, 4.69) is 4.74 Å². The SMILES string of the molecule is O=CC1OC(=O)[C@@H]1O. The first kappa shape index (κ1) is 5.24. The zero-order chi connectivity index (χ0) is 6.15. The van der Waals surface area contributed by atoms with Gasteiger partial charge >= 0.3 is 5.97 Å². The van der Waals surface area contributed by atoms with Crippen LogP contribution >= 0.6 is 0 Å². The van der Waals surface area contributed by atoms with Crippen molar-refractivity contribution in [3.8, 4) is 0 Å². The molecule has 2 atom stereocenters. The van der Waals surface area contributed by atoms with E-state index >= 15 is 0 Å². The molecule has 0 aromatic rings. The Kier molecular flexibility index (Phi) is 1.02. The molecule has 0 bridgehead atoms. The Labute approximate surface area is 45.1 Å². The predicted molar refractivity (Wildman–Crippen MR) is 22.0 cm³/mol. The number of rotatable bonds is 1. The predicted octanol–water partition coefficient (Wildman–Crippen LogP) is -1.53. The summed E-state index contributed by atoms with van der Waals surface area (Å²) in [6.07, 6.45) is -1.73. The van der Waals surface area contributed by atoms with E-state index in [0.29, 0.717) is 6.29 Å². The third kappa shape index (κ3) is 0.500. The number of carbonyl (C=O) groups excluding carboxylic acids is 2. The minimum atomic E-state index is -1.22. The fraction of sp³-hybridized carbons (Fsp3) is 0.500. The number of hydrogen-bond donors (Lipinski definition) is 1. The highest BCUT2D eigenvalue weighted by Gasteiger charge is 2.40. The van der Waals surface area contributed by atoms with Gasteiger partial charge in [-0.1, -0.05) is 0 Å². The van der Waals surface area contributed by atoms with Gasteiger partial charge in [0.25, 0.3) is 0 Å². The Morgan fingerprint density at radius 1 is 1.75 bits per heavy atom. The van der Waals surface area contributed by atoms with Gasteiger partial charge < -0.3 is 9.84 Å². The Hall–Kier alpha value is -0.900. The second kappa shape index (κ2) is 1.56. The van der Waals surface area contributed by atoms with Crippen LogP contribution in [-0.4, -0.2) is 29.6 Å². The molecule has 4 nitrogen and oxygen atoms in total. The van der Waals surface area contributed by atoms with Gasteiger partial charge in [-0.25, -0.2) is 4.79 Å². The number of esters is 1. The lowest BCUT2D eigenvalue weighted by Gasteiger charge is -2.25. The highest BCUT2D eigenvalue weighted by molar-refractivity contribution is 5.87. The average molecular weight is 116 g/mol. The van der Waals surface area contributed by atoms with E-state index in [1.165, 1.54) is 0 Å². The van der Waals surface area contributed by atoms with Gasteiger partial charge in [-0.2, -0.15) is 0 Å². The molecule has 0 radical (unpaired) electrons. The maximum Gasteiger partial charge on any atom is 0.340 e. The zero-order valence-electron chi connectivity index (χ0n) is 3.90. The summed E-state index contributed by atoms with van der Waals surface area (Å²) in [6, 6.07) is 0.